The van der Waals surface area contributed by atoms with Gasteiger partial charge in [0.2, 0.25) is 5.88 Å². The zero-order chi connectivity index (χ0) is 12.3. The summed E-state index contributed by atoms with van der Waals surface area (Å²) in [7, 11) is 0. The van der Waals surface area contributed by atoms with E-state index in [-0.39, 0.29) is 0 Å². The lowest BCUT2D eigenvalue weighted by atomic mass is 10.2. The average Bonchev–Trinajstić information content (AvgIpc) is 2.30. The maximum Gasteiger partial charge on any atom is 0.228 e. The van der Waals surface area contributed by atoms with E-state index in [1.165, 1.54) is 0 Å². The van der Waals surface area contributed by atoms with Crippen molar-refractivity contribution in [2.24, 2.45) is 0 Å². The molecule has 0 unspecified atom stereocenters. The van der Waals surface area contributed by atoms with Crippen LogP contribution < -0.4 is 10.5 Å². The lowest BCUT2D eigenvalue weighted by Gasteiger charge is -2.07. The zero-order valence-corrected chi connectivity index (χ0v) is 11.1. The van der Waals surface area contributed by atoms with Crippen LogP contribution in [-0.2, 0) is 6.61 Å². The third-order valence-corrected chi connectivity index (χ3v) is 2.87. The molecular formula is C13H13BrN2O. The van der Waals surface area contributed by atoms with Crippen molar-refractivity contribution >= 4 is 21.6 Å². The molecule has 0 amide bonds. The van der Waals surface area contributed by atoms with Crippen molar-refractivity contribution in [2.45, 2.75) is 13.5 Å². The first-order valence-electron chi connectivity index (χ1n) is 5.24. The van der Waals surface area contributed by atoms with E-state index in [0.29, 0.717) is 12.5 Å². The molecule has 88 valence electrons. The quantitative estimate of drug-likeness (QED) is 0.883. The summed E-state index contributed by atoms with van der Waals surface area (Å²) < 4.78 is 6.49. The summed E-state index contributed by atoms with van der Waals surface area (Å²) in [6.45, 7) is 2.47. The summed E-state index contributed by atoms with van der Waals surface area (Å²) in [5.74, 6) is 0.604. The molecule has 0 fully saturated rings. The molecule has 0 atom stereocenters. The van der Waals surface area contributed by atoms with Crippen LogP contribution in [-0.4, -0.2) is 4.98 Å². The Kier molecular flexibility index (Phi) is 3.64. The van der Waals surface area contributed by atoms with E-state index in [1.54, 1.807) is 6.20 Å². The standard InChI is InChI=1S/C13H13BrN2O/c1-9-6-12(14)13(16-7-9)17-8-10-2-4-11(15)5-3-10/h2-7H,8,15H2,1H3. The first kappa shape index (κ1) is 11.9. The lowest BCUT2D eigenvalue weighted by molar-refractivity contribution is 0.291. The molecule has 0 bridgehead atoms. The predicted octanol–water partition coefficient (Wildman–Crippen LogP) is 3.31. The number of aromatic nitrogens is 1. The van der Waals surface area contributed by atoms with Gasteiger partial charge in [0.05, 0.1) is 4.47 Å². The van der Waals surface area contributed by atoms with Crippen LogP contribution in [0.4, 0.5) is 5.69 Å². The number of aryl methyl sites for hydroxylation is 1. The highest BCUT2D eigenvalue weighted by Gasteiger charge is 2.03. The zero-order valence-electron chi connectivity index (χ0n) is 9.48. The van der Waals surface area contributed by atoms with Crippen molar-refractivity contribution in [1.82, 2.24) is 4.98 Å². The fraction of sp³-hybridized carbons (Fsp3) is 0.154. The number of ether oxygens (including phenoxy) is 1. The van der Waals surface area contributed by atoms with E-state index in [2.05, 4.69) is 20.9 Å². The smallest absolute Gasteiger partial charge is 0.228 e. The van der Waals surface area contributed by atoms with Crippen molar-refractivity contribution < 1.29 is 4.74 Å². The Bertz CT molecular complexity index is 511. The fourth-order valence-corrected chi connectivity index (χ4v) is 1.97. The Morgan fingerprint density at radius 2 is 2.00 bits per heavy atom. The summed E-state index contributed by atoms with van der Waals surface area (Å²) in [6, 6.07) is 9.58. The van der Waals surface area contributed by atoms with Gasteiger partial charge in [0.15, 0.2) is 0 Å². The van der Waals surface area contributed by atoms with Gasteiger partial charge in [-0.2, -0.15) is 0 Å². The molecule has 1 heterocycles. The van der Waals surface area contributed by atoms with Gasteiger partial charge < -0.3 is 10.5 Å². The van der Waals surface area contributed by atoms with Crippen LogP contribution in [0.1, 0.15) is 11.1 Å². The van der Waals surface area contributed by atoms with Crippen LogP contribution in [0.5, 0.6) is 5.88 Å². The van der Waals surface area contributed by atoms with Gasteiger partial charge in [-0.15, -0.1) is 0 Å². The summed E-state index contributed by atoms with van der Waals surface area (Å²) in [5, 5.41) is 0. The topological polar surface area (TPSA) is 48.1 Å². The first-order valence-corrected chi connectivity index (χ1v) is 6.04. The molecule has 0 aliphatic heterocycles. The normalized spacial score (nSPS) is 10.2. The molecule has 0 spiro atoms. The van der Waals surface area contributed by atoms with Gasteiger partial charge in [-0.1, -0.05) is 12.1 Å². The maximum atomic E-state index is 5.62. The molecule has 0 aliphatic rings. The van der Waals surface area contributed by atoms with Crippen LogP contribution in [0.3, 0.4) is 0 Å². The molecule has 0 saturated heterocycles. The summed E-state index contributed by atoms with van der Waals surface area (Å²) in [6.07, 6.45) is 1.78. The molecule has 17 heavy (non-hydrogen) atoms. The Balaban J connectivity index is 2.04. The third-order valence-electron chi connectivity index (χ3n) is 2.30. The molecule has 1 aromatic carbocycles. The van der Waals surface area contributed by atoms with Crippen molar-refractivity contribution in [1.29, 1.82) is 0 Å². The molecule has 0 saturated carbocycles. The van der Waals surface area contributed by atoms with Crippen molar-refractivity contribution in [3.8, 4) is 5.88 Å². The Morgan fingerprint density at radius 1 is 1.29 bits per heavy atom. The van der Waals surface area contributed by atoms with Gasteiger partial charge in [-0.25, -0.2) is 4.98 Å². The van der Waals surface area contributed by atoms with E-state index in [9.17, 15) is 0 Å². The minimum atomic E-state index is 0.481. The van der Waals surface area contributed by atoms with Gasteiger partial charge >= 0.3 is 0 Å². The Morgan fingerprint density at radius 3 is 2.65 bits per heavy atom. The minimum Gasteiger partial charge on any atom is -0.472 e. The molecule has 2 aromatic rings. The number of anilines is 1. The van der Waals surface area contributed by atoms with E-state index in [0.717, 1.165) is 21.3 Å². The number of hydrogen-bond acceptors (Lipinski definition) is 3. The largest absolute Gasteiger partial charge is 0.472 e. The summed E-state index contributed by atoms with van der Waals surface area (Å²) >= 11 is 3.42. The van der Waals surface area contributed by atoms with E-state index >= 15 is 0 Å². The predicted molar refractivity (Wildman–Crippen MR) is 71.9 cm³/mol. The fourth-order valence-electron chi connectivity index (χ4n) is 1.39. The second-order valence-corrected chi connectivity index (χ2v) is 4.68. The van der Waals surface area contributed by atoms with Crippen LogP contribution in [0, 0.1) is 6.92 Å². The number of rotatable bonds is 3. The van der Waals surface area contributed by atoms with Gasteiger partial charge in [0.25, 0.3) is 0 Å². The molecule has 0 radical (unpaired) electrons. The lowest BCUT2D eigenvalue weighted by Crippen LogP contribution is -1.98. The van der Waals surface area contributed by atoms with Crippen molar-refractivity contribution in [3.05, 3.63) is 52.1 Å². The second kappa shape index (κ2) is 5.19. The first-order chi connectivity index (χ1) is 8.15. The Labute approximate surface area is 109 Å². The molecular weight excluding hydrogens is 280 g/mol. The highest BCUT2D eigenvalue weighted by Crippen LogP contribution is 2.23. The Hall–Kier alpha value is -1.55. The monoisotopic (exact) mass is 292 g/mol. The highest BCUT2D eigenvalue weighted by atomic mass is 79.9. The van der Waals surface area contributed by atoms with Crippen LogP contribution in [0.25, 0.3) is 0 Å². The second-order valence-electron chi connectivity index (χ2n) is 3.83. The third kappa shape index (κ3) is 3.20. The van der Waals surface area contributed by atoms with Crippen LogP contribution >= 0.6 is 15.9 Å². The number of nitrogens with two attached hydrogens (primary N) is 1. The molecule has 4 heteroatoms. The number of halogens is 1. The molecule has 0 aliphatic carbocycles. The molecule has 2 rings (SSSR count). The number of nitrogens with zero attached hydrogens (tertiary/aromatic N) is 1. The van der Waals surface area contributed by atoms with Crippen molar-refractivity contribution in [2.75, 3.05) is 5.73 Å². The highest BCUT2D eigenvalue weighted by molar-refractivity contribution is 9.10. The number of nitrogen functional groups attached to an aromatic ring is 1. The SMILES string of the molecule is Cc1cnc(OCc2ccc(N)cc2)c(Br)c1. The molecule has 1 aromatic heterocycles. The molecule has 3 nitrogen and oxygen atoms in total. The average molecular weight is 293 g/mol. The van der Waals surface area contributed by atoms with Crippen LogP contribution in [0.15, 0.2) is 41.0 Å². The summed E-state index contributed by atoms with van der Waals surface area (Å²) in [4.78, 5) is 4.22. The van der Waals surface area contributed by atoms with E-state index < -0.39 is 0 Å². The van der Waals surface area contributed by atoms with Gasteiger partial charge in [-0.3, -0.25) is 0 Å². The van der Waals surface area contributed by atoms with E-state index in [1.807, 2.05) is 37.3 Å². The van der Waals surface area contributed by atoms with E-state index in [4.69, 9.17) is 10.5 Å². The van der Waals surface area contributed by atoms with Crippen molar-refractivity contribution in [3.63, 3.8) is 0 Å². The van der Waals surface area contributed by atoms with Gasteiger partial charge in [0, 0.05) is 11.9 Å². The summed E-state index contributed by atoms with van der Waals surface area (Å²) in [5.41, 5.74) is 8.52. The maximum absolute atomic E-state index is 5.62. The number of hydrogen-bond donors (Lipinski definition) is 1. The van der Waals surface area contributed by atoms with Gasteiger partial charge in [-0.05, 0) is 52.2 Å². The molecule has 2 N–H and O–H groups in total. The minimum absolute atomic E-state index is 0.481. The number of benzene rings is 1. The number of pyridine rings is 1. The van der Waals surface area contributed by atoms with Crippen LogP contribution in [0.2, 0.25) is 0 Å². The van der Waals surface area contributed by atoms with Gasteiger partial charge in [0.1, 0.15) is 6.61 Å².